The van der Waals surface area contributed by atoms with E-state index < -0.39 is 0 Å². The molecule has 160 valence electrons. The molecule has 2 N–H and O–H groups in total. The molecule has 1 saturated heterocycles. The normalized spacial score (nSPS) is 19.5. The first-order chi connectivity index (χ1) is 12.9. The molecule has 6 nitrogen and oxygen atoms in total. The smallest absolute Gasteiger partial charge is 0.190 e. The number of nitrogens with zero attached hydrogens (tertiary/aromatic N) is 1. The lowest BCUT2D eigenvalue weighted by Crippen LogP contribution is -2.38. The molecule has 0 aromatic rings. The van der Waals surface area contributed by atoms with Gasteiger partial charge in [0.2, 0.25) is 0 Å². The number of rotatable bonds is 11. The average molecular weight is 497 g/mol. The van der Waals surface area contributed by atoms with Crippen LogP contribution in [-0.2, 0) is 14.2 Å². The van der Waals surface area contributed by atoms with Gasteiger partial charge in [0, 0.05) is 53.2 Å². The first kappa shape index (κ1) is 24.9. The second-order valence-corrected chi connectivity index (χ2v) is 7.39. The van der Waals surface area contributed by atoms with Crippen molar-refractivity contribution in [2.24, 2.45) is 10.9 Å². The zero-order valence-corrected chi connectivity index (χ0v) is 19.4. The number of hydrogen-bond donors (Lipinski definition) is 2. The predicted octanol–water partition coefficient (Wildman–Crippen LogP) is 3.34. The molecular formula is C20H40IN3O3. The Hall–Kier alpha value is -0.120. The minimum absolute atomic E-state index is 0. The predicted molar refractivity (Wildman–Crippen MR) is 121 cm³/mol. The van der Waals surface area contributed by atoms with Crippen LogP contribution in [0.5, 0.6) is 0 Å². The van der Waals surface area contributed by atoms with Gasteiger partial charge in [0.05, 0.1) is 6.10 Å². The summed E-state index contributed by atoms with van der Waals surface area (Å²) in [5, 5.41) is 6.70. The van der Waals surface area contributed by atoms with Crippen molar-refractivity contribution >= 4 is 29.9 Å². The summed E-state index contributed by atoms with van der Waals surface area (Å²) in [5.41, 5.74) is 0. The van der Waals surface area contributed by atoms with Crippen molar-refractivity contribution in [2.45, 2.75) is 63.9 Å². The Morgan fingerprint density at radius 1 is 0.963 bits per heavy atom. The summed E-state index contributed by atoms with van der Waals surface area (Å²) in [5.74, 6) is 1.55. The lowest BCUT2D eigenvalue weighted by atomic mass is 9.98. The van der Waals surface area contributed by atoms with Gasteiger partial charge in [-0.15, -0.1) is 24.0 Å². The Morgan fingerprint density at radius 3 is 2.30 bits per heavy atom. The van der Waals surface area contributed by atoms with Crippen LogP contribution in [0.3, 0.4) is 0 Å². The molecule has 0 spiro atoms. The van der Waals surface area contributed by atoms with Crippen LogP contribution in [0.4, 0.5) is 0 Å². The highest BCUT2D eigenvalue weighted by molar-refractivity contribution is 14.0. The third-order valence-corrected chi connectivity index (χ3v) is 5.20. The van der Waals surface area contributed by atoms with Gasteiger partial charge in [-0.25, -0.2) is 0 Å². The minimum atomic E-state index is 0. The fourth-order valence-electron chi connectivity index (χ4n) is 3.53. The molecule has 1 aliphatic heterocycles. The third kappa shape index (κ3) is 12.1. The van der Waals surface area contributed by atoms with Crippen LogP contribution in [0.15, 0.2) is 4.99 Å². The van der Waals surface area contributed by atoms with Crippen LogP contribution >= 0.6 is 24.0 Å². The van der Waals surface area contributed by atoms with E-state index in [0.717, 1.165) is 77.8 Å². The summed E-state index contributed by atoms with van der Waals surface area (Å²) < 4.78 is 17.1. The molecule has 7 heteroatoms. The molecule has 1 aliphatic carbocycles. The van der Waals surface area contributed by atoms with E-state index in [1.807, 2.05) is 7.05 Å². The first-order valence-corrected chi connectivity index (χ1v) is 10.6. The largest absolute Gasteiger partial charge is 0.381 e. The summed E-state index contributed by atoms with van der Waals surface area (Å²) >= 11 is 0. The van der Waals surface area contributed by atoms with Gasteiger partial charge in [-0.05, 0) is 44.4 Å². The van der Waals surface area contributed by atoms with Crippen LogP contribution in [0.25, 0.3) is 0 Å². The van der Waals surface area contributed by atoms with E-state index in [9.17, 15) is 0 Å². The van der Waals surface area contributed by atoms with Crippen LogP contribution in [-0.4, -0.2) is 65.2 Å². The summed E-state index contributed by atoms with van der Waals surface area (Å²) in [6, 6.07) is 0. The molecule has 0 aromatic heterocycles. The first-order valence-electron chi connectivity index (χ1n) is 10.6. The van der Waals surface area contributed by atoms with Crippen molar-refractivity contribution in [3.8, 4) is 0 Å². The number of nitrogens with one attached hydrogen (secondary N) is 2. The molecule has 2 aliphatic rings. The van der Waals surface area contributed by atoms with Gasteiger partial charge >= 0.3 is 0 Å². The van der Waals surface area contributed by atoms with Gasteiger partial charge in [0.1, 0.15) is 0 Å². The Balaban J connectivity index is 0.00000364. The second kappa shape index (κ2) is 16.8. The van der Waals surface area contributed by atoms with Crippen molar-refractivity contribution in [1.82, 2.24) is 10.6 Å². The number of aliphatic imine (C=N–C) groups is 1. The summed E-state index contributed by atoms with van der Waals surface area (Å²) in [4.78, 5) is 4.27. The molecule has 1 saturated carbocycles. The van der Waals surface area contributed by atoms with Crippen LogP contribution in [0.2, 0.25) is 0 Å². The third-order valence-electron chi connectivity index (χ3n) is 5.20. The van der Waals surface area contributed by atoms with Crippen molar-refractivity contribution in [3.63, 3.8) is 0 Å². The molecule has 0 atom stereocenters. The Morgan fingerprint density at radius 2 is 1.63 bits per heavy atom. The topological polar surface area (TPSA) is 64.1 Å². The van der Waals surface area contributed by atoms with Gasteiger partial charge in [-0.1, -0.05) is 19.3 Å². The van der Waals surface area contributed by atoms with Crippen LogP contribution in [0, 0.1) is 5.92 Å². The van der Waals surface area contributed by atoms with E-state index in [2.05, 4.69) is 15.6 Å². The van der Waals surface area contributed by atoms with E-state index in [1.54, 1.807) is 0 Å². The molecule has 27 heavy (non-hydrogen) atoms. The SMILES string of the molecule is CN=C(NCCCOCC1CCOCC1)NCCCOC1CCCCC1.I. The maximum Gasteiger partial charge on any atom is 0.190 e. The lowest BCUT2D eigenvalue weighted by molar-refractivity contribution is 0.0203. The van der Waals surface area contributed by atoms with E-state index in [1.165, 1.54) is 32.1 Å². The standard InChI is InChI=1S/C20H39N3O3.HI/c1-21-20(23-12-6-14-26-19-7-3-2-4-8-19)22-11-5-13-25-17-18-9-15-24-16-10-18;/h18-19H,2-17H2,1H3,(H2,21,22,23);1H. The molecule has 0 bridgehead atoms. The van der Waals surface area contributed by atoms with Gasteiger partial charge in [0.25, 0.3) is 0 Å². The Labute approximate surface area is 182 Å². The number of hydrogen-bond acceptors (Lipinski definition) is 4. The number of ether oxygens (including phenoxy) is 3. The van der Waals surface area contributed by atoms with Crippen LogP contribution < -0.4 is 10.6 Å². The molecule has 0 unspecified atom stereocenters. The number of halogens is 1. The van der Waals surface area contributed by atoms with Crippen molar-refractivity contribution in [3.05, 3.63) is 0 Å². The molecule has 0 aromatic carbocycles. The van der Waals surface area contributed by atoms with Crippen molar-refractivity contribution < 1.29 is 14.2 Å². The van der Waals surface area contributed by atoms with Gasteiger partial charge in [-0.3, -0.25) is 4.99 Å². The zero-order valence-electron chi connectivity index (χ0n) is 17.0. The maximum atomic E-state index is 5.95. The quantitative estimate of drug-likeness (QED) is 0.199. The summed E-state index contributed by atoms with van der Waals surface area (Å²) in [6.07, 6.45) is 11.3. The molecule has 2 rings (SSSR count). The highest BCUT2D eigenvalue weighted by Crippen LogP contribution is 2.20. The number of guanidine groups is 1. The van der Waals surface area contributed by atoms with E-state index in [4.69, 9.17) is 14.2 Å². The molecule has 2 fully saturated rings. The van der Waals surface area contributed by atoms with Crippen molar-refractivity contribution in [1.29, 1.82) is 0 Å². The molecule has 0 amide bonds. The van der Waals surface area contributed by atoms with Crippen molar-refractivity contribution in [2.75, 3.05) is 53.2 Å². The fourth-order valence-corrected chi connectivity index (χ4v) is 3.53. The van der Waals surface area contributed by atoms with Gasteiger partial charge < -0.3 is 24.8 Å². The molecular weight excluding hydrogens is 457 g/mol. The summed E-state index contributed by atoms with van der Waals surface area (Å²) in [6.45, 7) is 6.08. The van der Waals surface area contributed by atoms with E-state index in [0.29, 0.717) is 12.0 Å². The van der Waals surface area contributed by atoms with Gasteiger partial charge in [-0.2, -0.15) is 0 Å². The lowest BCUT2D eigenvalue weighted by Gasteiger charge is -2.22. The van der Waals surface area contributed by atoms with Crippen LogP contribution in [0.1, 0.15) is 57.8 Å². The molecule has 0 radical (unpaired) electrons. The van der Waals surface area contributed by atoms with Gasteiger partial charge in [0.15, 0.2) is 5.96 Å². The monoisotopic (exact) mass is 497 g/mol. The summed E-state index contributed by atoms with van der Waals surface area (Å²) in [7, 11) is 1.81. The maximum absolute atomic E-state index is 5.95. The average Bonchev–Trinajstić information content (AvgIpc) is 2.70. The highest BCUT2D eigenvalue weighted by atomic mass is 127. The van der Waals surface area contributed by atoms with E-state index >= 15 is 0 Å². The second-order valence-electron chi connectivity index (χ2n) is 7.39. The Kier molecular flexibility index (Phi) is 15.5. The highest BCUT2D eigenvalue weighted by Gasteiger charge is 2.14. The zero-order chi connectivity index (χ0) is 18.3. The minimum Gasteiger partial charge on any atom is -0.381 e. The fraction of sp³-hybridized carbons (Fsp3) is 0.950. The molecule has 1 heterocycles. The Bertz CT molecular complexity index is 373. The van der Waals surface area contributed by atoms with E-state index in [-0.39, 0.29) is 24.0 Å².